The SMILES string of the molecule is CCON=C(C(=O)NC1C(=O)N2C(C(=O)[O-])=C(C[n+]3cc4c(cn3)CCCC4)CS[C@H]12)c1nsc(N)n1. The Balaban J connectivity index is 1.34. The van der Waals surface area contributed by atoms with Crippen LogP contribution in [0.2, 0.25) is 0 Å². The van der Waals surface area contributed by atoms with Gasteiger partial charge in [0, 0.05) is 28.4 Å². The first-order chi connectivity index (χ1) is 17.9. The summed E-state index contributed by atoms with van der Waals surface area (Å²) < 4.78 is 5.69. The molecule has 2 amide bonds. The van der Waals surface area contributed by atoms with Crippen molar-refractivity contribution in [3.8, 4) is 0 Å². The van der Waals surface area contributed by atoms with Crippen LogP contribution in [-0.4, -0.2) is 66.6 Å². The van der Waals surface area contributed by atoms with Crippen molar-refractivity contribution in [2.24, 2.45) is 5.16 Å². The average Bonchev–Trinajstić information content (AvgIpc) is 3.32. The summed E-state index contributed by atoms with van der Waals surface area (Å²) in [5, 5.41) is 22.5. The Hall–Kier alpha value is -3.59. The van der Waals surface area contributed by atoms with Crippen LogP contribution in [-0.2, 0) is 38.6 Å². The lowest BCUT2D eigenvalue weighted by Crippen LogP contribution is -2.71. The molecular formula is C22H24N8O5S2. The van der Waals surface area contributed by atoms with Crippen LogP contribution in [0, 0.1) is 0 Å². The number of thioether (sulfide) groups is 1. The molecule has 1 fully saturated rings. The lowest BCUT2D eigenvalue weighted by Gasteiger charge is -2.50. The van der Waals surface area contributed by atoms with Crippen LogP contribution < -0.4 is 20.8 Å². The second kappa shape index (κ2) is 10.4. The summed E-state index contributed by atoms with van der Waals surface area (Å²) in [6, 6.07) is -0.967. The van der Waals surface area contributed by atoms with Crippen LogP contribution >= 0.6 is 23.3 Å². The minimum absolute atomic E-state index is 0.0273. The van der Waals surface area contributed by atoms with E-state index in [0.29, 0.717) is 11.3 Å². The van der Waals surface area contributed by atoms with Gasteiger partial charge in [0.2, 0.25) is 11.5 Å². The zero-order valence-corrected chi connectivity index (χ0v) is 21.5. The van der Waals surface area contributed by atoms with Gasteiger partial charge in [-0.25, -0.2) is 0 Å². The minimum Gasteiger partial charge on any atom is -0.543 e. The first kappa shape index (κ1) is 25.1. The molecule has 5 rings (SSSR count). The molecule has 1 saturated heterocycles. The molecule has 37 heavy (non-hydrogen) atoms. The van der Waals surface area contributed by atoms with Crippen molar-refractivity contribution < 1.29 is 29.0 Å². The smallest absolute Gasteiger partial charge is 0.278 e. The Kier molecular flexibility index (Phi) is 7.06. The van der Waals surface area contributed by atoms with E-state index in [-0.39, 0.29) is 35.5 Å². The van der Waals surface area contributed by atoms with Gasteiger partial charge in [-0.2, -0.15) is 9.36 Å². The van der Waals surface area contributed by atoms with Gasteiger partial charge in [0.05, 0.1) is 17.9 Å². The number of anilines is 1. The highest BCUT2D eigenvalue weighted by Crippen LogP contribution is 2.40. The van der Waals surface area contributed by atoms with Crippen LogP contribution in [0.4, 0.5) is 5.13 Å². The Bertz CT molecular complexity index is 1330. The number of hydrogen-bond acceptors (Lipinski definition) is 12. The molecule has 2 atom stereocenters. The number of nitrogens with zero attached hydrogens (tertiary/aromatic N) is 6. The number of rotatable bonds is 8. The maximum Gasteiger partial charge on any atom is 0.278 e. The highest BCUT2D eigenvalue weighted by Gasteiger charge is 2.53. The van der Waals surface area contributed by atoms with Crippen LogP contribution in [0.5, 0.6) is 0 Å². The van der Waals surface area contributed by atoms with Crippen LogP contribution in [0.1, 0.15) is 36.7 Å². The third-order valence-corrected chi connectivity index (χ3v) is 8.14. The van der Waals surface area contributed by atoms with E-state index < -0.39 is 29.2 Å². The van der Waals surface area contributed by atoms with Crippen molar-refractivity contribution in [2.45, 2.75) is 50.6 Å². The Morgan fingerprint density at radius 1 is 1.35 bits per heavy atom. The number of fused-ring (bicyclic) bond motifs is 2. The number of carbonyl (C=O) groups is 3. The van der Waals surface area contributed by atoms with E-state index >= 15 is 0 Å². The zero-order chi connectivity index (χ0) is 26.1. The number of aromatic nitrogens is 4. The number of nitrogens with one attached hydrogen (secondary N) is 1. The van der Waals surface area contributed by atoms with E-state index in [1.165, 1.54) is 27.8 Å². The van der Waals surface area contributed by atoms with Gasteiger partial charge in [-0.05, 0) is 43.3 Å². The third-order valence-electron chi connectivity index (χ3n) is 6.26. The van der Waals surface area contributed by atoms with Gasteiger partial charge in [0.1, 0.15) is 18.0 Å². The van der Waals surface area contributed by atoms with Crippen LogP contribution in [0.25, 0.3) is 0 Å². The number of carbonyl (C=O) groups excluding carboxylic acids is 3. The number of amides is 2. The first-order valence-corrected chi connectivity index (χ1v) is 13.6. The molecule has 194 valence electrons. The lowest BCUT2D eigenvalue weighted by molar-refractivity contribution is -0.747. The summed E-state index contributed by atoms with van der Waals surface area (Å²) >= 11 is 2.24. The predicted octanol–water partition coefficient (Wildman–Crippen LogP) is -1.47. The fourth-order valence-corrected chi connectivity index (χ4v) is 6.30. The minimum atomic E-state index is -1.45. The van der Waals surface area contributed by atoms with Gasteiger partial charge in [-0.3, -0.25) is 14.5 Å². The van der Waals surface area contributed by atoms with Gasteiger partial charge in [-0.15, -0.1) is 11.8 Å². The summed E-state index contributed by atoms with van der Waals surface area (Å²) in [6.07, 6.45) is 7.99. The van der Waals surface area contributed by atoms with Crippen molar-refractivity contribution >= 4 is 51.9 Å². The second-order valence-corrected chi connectivity index (χ2v) is 10.5. The molecular weight excluding hydrogens is 520 g/mol. The molecule has 1 unspecified atom stereocenters. The largest absolute Gasteiger partial charge is 0.543 e. The Labute approximate surface area is 219 Å². The lowest BCUT2D eigenvalue weighted by atomic mass is 9.95. The summed E-state index contributed by atoms with van der Waals surface area (Å²) in [4.78, 5) is 48.2. The fraction of sp³-hybridized carbons (Fsp3) is 0.455. The normalized spacial score (nSPS) is 21.2. The molecule has 0 radical (unpaired) electrons. The summed E-state index contributed by atoms with van der Waals surface area (Å²) in [6.45, 7) is 2.11. The number of oxime groups is 1. The number of nitrogens with two attached hydrogens (primary N) is 1. The van der Waals surface area contributed by atoms with Crippen molar-refractivity contribution in [1.82, 2.24) is 24.7 Å². The molecule has 3 aliphatic rings. The average molecular weight is 545 g/mol. The molecule has 3 N–H and O–H groups in total. The highest BCUT2D eigenvalue weighted by atomic mass is 32.2. The van der Waals surface area contributed by atoms with Gasteiger partial charge < -0.3 is 25.8 Å². The molecule has 0 bridgehead atoms. The summed E-state index contributed by atoms with van der Waals surface area (Å²) in [7, 11) is 0. The fourth-order valence-electron chi connectivity index (χ4n) is 4.53. The second-order valence-electron chi connectivity index (χ2n) is 8.64. The van der Waals surface area contributed by atoms with E-state index in [0.717, 1.165) is 37.2 Å². The third kappa shape index (κ3) is 4.87. The summed E-state index contributed by atoms with van der Waals surface area (Å²) in [5.74, 6) is -2.44. The molecule has 13 nitrogen and oxygen atoms in total. The number of nitrogen functional groups attached to an aromatic ring is 1. The molecule has 0 saturated carbocycles. The number of hydrogen-bond donors (Lipinski definition) is 2. The van der Waals surface area contributed by atoms with E-state index in [4.69, 9.17) is 10.6 Å². The first-order valence-electron chi connectivity index (χ1n) is 11.7. The molecule has 2 aromatic heterocycles. The molecule has 15 heteroatoms. The van der Waals surface area contributed by atoms with Crippen molar-refractivity contribution in [2.75, 3.05) is 18.1 Å². The Morgan fingerprint density at radius 3 is 2.84 bits per heavy atom. The maximum absolute atomic E-state index is 13.0. The Morgan fingerprint density at radius 2 is 2.14 bits per heavy atom. The number of carboxylic acids is 1. The zero-order valence-electron chi connectivity index (χ0n) is 19.9. The van der Waals surface area contributed by atoms with Gasteiger partial charge in [0.15, 0.2) is 17.9 Å². The number of aryl methyl sites for hydroxylation is 2. The monoisotopic (exact) mass is 544 g/mol. The van der Waals surface area contributed by atoms with E-state index in [9.17, 15) is 19.5 Å². The summed E-state index contributed by atoms with van der Waals surface area (Å²) in [5.41, 5.74) is 8.16. The predicted molar refractivity (Wildman–Crippen MR) is 131 cm³/mol. The standard InChI is InChI=1S/C22H24N8O5S2/c1-2-35-27-14(17-26-22(23)37-28-17)18(31)25-15-19(32)30-16(21(33)34)13(10-36-20(15)30)9-29-8-12-6-4-3-5-11(12)7-24-29/h7-8,15,20H,2-6,9-10H2,1H3,(H3-,23,25,26,28,31,33,34)/t15?,20-/m1/s1. The van der Waals surface area contributed by atoms with E-state index in [1.54, 1.807) is 11.6 Å². The van der Waals surface area contributed by atoms with Crippen LogP contribution in [0.15, 0.2) is 28.8 Å². The van der Waals surface area contributed by atoms with Gasteiger partial charge in [0.25, 0.3) is 11.8 Å². The molecule has 1 aliphatic carbocycles. The number of β-lactam (4-membered cyclic amide) rings is 1. The van der Waals surface area contributed by atoms with Gasteiger partial charge >= 0.3 is 0 Å². The maximum atomic E-state index is 13.0. The van der Waals surface area contributed by atoms with Gasteiger partial charge in [-0.1, -0.05) is 9.84 Å². The van der Waals surface area contributed by atoms with Crippen LogP contribution in [0.3, 0.4) is 0 Å². The molecule has 4 heterocycles. The highest BCUT2D eigenvalue weighted by molar-refractivity contribution is 8.00. The van der Waals surface area contributed by atoms with Crippen molar-refractivity contribution in [3.05, 3.63) is 40.6 Å². The molecule has 0 spiro atoms. The number of aliphatic carboxylic acids is 1. The quantitative estimate of drug-likeness (QED) is 0.172. The van der Waals surface area contributed by atoms with Crippen molar-refractivity contribution in [3.63, 3.8) is 0 Å². The topological polar surface area (TPSA) is 180 Å². The molecule has 2 aromatic rings. The molecule has 0 aromatic carbocycles. The molecule has 2 aliphatic heterocycles. The van der Waals surface area contributed by atoms with E-state index in [1.807, 2.05) is 12.4 Å². The number of carboxylic acid groups (broad SMARTS) is 1. The van der Waals surface area contributed by atoms with E-state index in [2.05, 4.69) is 24.9 Å². The van der Waals surface area contributed by atoms with Crippen molar-refractivity contribution in [1.29, 1.82) is 0 Å².